The third-order valence-corrected chi connectivity index (χ3v) is 8.57. The van der Waals surface area contributed by atoms with Crippen molar-refractivity contribution in [2.75, 3.05) is 43.2 Å². The summed E-state index contributed by atoms with van der Waals surface area (Å²) in [6.45, 7) is 3.40. The molecule has 0 aliphatic carbocycles. The van der Waals surface area contributed by atoms with Crippen LogP contribution in [-0.4, -0.2) is 58.4 Å². The maximum Gasteiger partial charge on any atom is 0.285 e. The summed E-state index contributed by atoms with van der Waals surface area (Å²) in [4.78, 5) is 26.2. The highest BCUT2D eigenvalue weighted by molar-refractivity contribution is 7.92. The number of halogens is 1. The molecular weight excluding hydrogens is 580 g/mol. The van der Waals surface area contributed by atoms with Gasteiger partial charge in [0.1, 0.15) is 5.75 Å². The summed E-state index contributed by atoms with van der Waals surface area (Å²) in [6, 6.07) is 12.6. The van der Waals surface area contributed by atoms with E-state index in [1.54, 1.807) is 30.3 Å². The first-order valence-electron chi connectivity index (χ1n) is 14.6. The smallest absolute Gasteiger partial charge is 0.285 e. The molecule has 0 aromatic heterocycles. The largest absolute Gasteiger partial charge is 0.495 e. The number of benzene rings is 2. The Kier molecular flexibility index (Phi) is 15.9. The highest BCUT2D eigenvalue weighted by Gasteiger charge is 2.45. The number of alkyl halides is 1. The highest BCUT2D eigenvalue weighted by atomic mass is 35.5. The van der Waals surface area contributed by atoms with Crippen LogP contribution in [0.1, 0.15) is 81.5 Å². The van der Waals surface area contributed by atoms with Crippen molar-refractivity contribution in [2.45, 2.75) is 76.2 Å². The monoisotopic (exact) mass is 624 g/mol. The molecule has 234 valence electrons. The molecule has 9 nitrogen and oxygen atoms in total. The standard InChI is InChI=1S/C31H45ClN2O7S/c1-4-5-6-7-8-9-10-14-21-41-22-15-16-23-42(37,38)34-27-24-25(19-20-28(27)39-2)29(35)31(32,40-3)30(36)33-26-17-12-11-13-18-26/h11-13,17-20,24,34H,4-10,14-16,21-23H2,1-3H3,(H,33,36). The first-order valence-corrected chi connectivity index (χ1v) is 16.6. The van der Waals surface area contributed by atoms with E-state index in [1.807, 2.05) is 0 Å². The molecule has 0 aliphatic heterocycles. The van der Waals surface area contributed by atoms with E-state index < -0.39 is 26.8 Å². The van der Waals surface area contributed by atoms with Crippen molar-refractivity contribution >= 4 is 44.7 Å². The first kappa shape index (κ1) is 35.5. The van der Waals surface area contributed by atoms with Gasteiger partial charge in [0.2, 0.25) is 15.8 Å². The Morgan fingerprint density at radius 1 is 0.857 bits per heavy atom. The van der Waals surface area contributed by atoms with Crippen molar-refractivity contribution in [3.63, 3.8) is 0 Å². The van der Waals surface area contributed by atoms with Crippen LogP contribution in [-0.2, 0) is 24.3 Å². The number of hydrogen-bond acceptors (Lipinski definition) is 7. The van der Waals surface area contributed by atoms with Crippen molar-refractivity contribution in [1.29, 1.82) is 0 Å². The van der Waals surface area contributed by atoms with Crippen LogP contribution in [0.15, 0.2) is 48.5 Å². The molecule has 1 amide bonds. The Bertz CT molecular complexity index is 1210. The van der Waals surface area contributed by atoms with Crippen LogP contribution in [0, 0.1) is 0 Å². The number of para-hydroxylation sites is 1. The van der Waals surface area contributed by atoms with Gasteiger partial charge < -0.3 is 19.5 Å². The quantitative estimate of drug-likeness (QED) is 0.0641. The molecule has 2 aromatic rings. The van der Waals surface area contributed by atoms with Gasteiger partial charge in [-0.1, -0.05) is 81.7 Å². The molecule has 0 bridgehead atoms. The Morgan fingerprint density at radius 2 is 1.48 bits per heavy atom. The van der Waals surface area contributed by atoms with E-state index >= 15 is 0 Å². The minimum atomic E-state index is -3.76. The molecule has 0 spiro atoms. The molecule has 0 fully saturated rings. The zero-order valence-corrected chi connectivity index (χ0v) is 26.5. The van der Waals surface area contributed by atoms with Crippen molar-refractivity contribution in [3.05, 3.63) is 54.1 Å². The van der Waals surface area contributed by atoms with Crippen molar-refractivity contribution in [3.8, 4) is 5.75 Å². The number of Topliss-reactive ketones (excluding diaryl/α,β-unsaturated/α-hetero) is 1. The highest BCUT2D eigenvalue weighted by Crippen LogP contribution is 2.31. The Hall–Kier alpha value is -2.66. The number of anilines is 2. The van der Waals surface area contributed by atoms with Crippen molar-refractivity contribution < 1.29 is 32.2 Å². The molecule has 42 heavy (non-hydrogen) atoms. The number of hydrogen-bond donors (Lipinski definition) is 2. The van der Waals surface area contributed by atoms with Gasteiger partial charge in [-0.05, 0) is 49.6 Å². The van der Waals surface area contributed by atoms with Gasteiger partial charge in [0.25, 0.3) is 11.0 Å². The fraction of sp³-hybridized carbons (Fsp3) is 0.548. The molecule has 1 unspecified atom stereocenters. The molecular formula is C31H45ClN2O7S. The summed E-state index contributed by atoms with van der Waals surface area (Å²) in [5.41, 5.74) is 0.440. The second-order valence-corrected chi connectivity index (χ2v) is 12.5. The summed E-state index contributed by atoms with van der Waals surface area (Å²) in [5, 5.41) is 0.175. The van der Waals surface area contributed by atoms with Crippen molar-refractivity contribution in [2.24, 2.45) is 0 Å². The Labute approximate surface area is 255 Å². The Morgan fingerprint density at radius 3 is 2.10 bits per heavy atom. The summed E-state index contributed by atoms with van der Waals surface area (Å²) in [5.74, 6) is -1.68. The molecule has 0 heterocycles. The van der Waals surface area contributed by atoms with Gasteiger partial charge in [0.15, 0.2) is 0 Å². The molecule has 0 saturated carbocycles. The topological polar surface area (TPSA) is 120 Å². The first-order chi connectivity index (χ1) is 20.2. The number of carbonyl (C=O) groups excluding carboxylic acids is 2. The molecule has 0 aliphatic rings. The zero-order valence-electron chi connectivity index (χ0n) is 25.0. The van der Waals surface area contributed by atoms with Crippen molar-refractivity contribution in [1.82, 2.24) is 0 Å². The second kappa shape index (κ2) is 18.8. The summed E-state index contributed by atoms with van der Waals surface area (Å²) in [6.07, 6.45) is 10.9. The van der Waals surface area contributed by atoms with Crippen LogP contribution in [0.4, 0.5) is 11.4 Å². The van der Waals surface area contributed by atoms with Crippen LogP contribution < -0.4 is 14.8 Å². The summed E-state index contributed by atoms with van der Waals surface area (Å²) < 4.78 is 44.2. The number of ketones is 1. The number of nitrogens with one attached hydrogen (secondary N) is 2. The number of unbranched alkanes of at least 4 members (excludes halogenated alkanes) is 8. The van der Waals surface area contributed by atoms with Gasteiger partial charge >= 0.3 is 0 Å². The number of carbonyl (C=O) groups is 2. The van der Waals surface area contributed by atoms with Crippen LogP contribution >= 0.6 is 11.6 Å². The van der Waals surface area contributed by atoms with E-state index in [4.69, 9.17) is 25.8 Å². The molecule has 0 radical (unpaired) electrons. The van der Waals surface area contributed by atoms with Crippen LogP contribution in [0.25, 0.3) is 0 Å². The van der Waals surface area contributed by atoms with Crippen LogP contribution in [0.3, 0.4) is 0 Å². The maximum absolute atomic E-state index is 13.3. The minimum Gasteiger partial charge on any atom is -0.495 e. The predicted molar refractivity (Wildman–Crippen MR) is 168 cm³/mol. The summed E-state index contributed by atoms with van der Waals surface area (Å²) >= 11 is 6.37. The molecule has 2 aromatic carbocycles. The van der Waals surface area contributed by atoms with Crippen LogP contribution in [0.2, 0.25) is 0 Å². The van der Waals surface area contributed by atoms with Gasteiger partial charge in [0.05, 0.1) is 18.6 Å². The lowest BCUT2D eigenvalue weighted by Gasteiger charge is -2.23. The fourth-order valence-electron chi connectivity index (χ4n) is 4.29. The lowest BCUT2D eigenvalue weighted by molar-refractivity contribution is -0.126. The average Bonchev–Trinajstić information content (AvgIpc) is 2.98. The normalized spacial score (nSPS) is 12.9. The number of amides is 1. The predicted octanol–water partition coefficient (Wildman–Crippen LogP) is 6.78. The van der Waals surface area contributed by atoms with E-state index in [2.05, 4.69) is 17.0 Å². The van der Waals surface area contributed by atoms with Gasteiger partial charge in [-0.15, -0.1) is 0 Å². The number of ether oxygens (including phenoxy) is 3. The third kappa shape index (κ3) is 11.9. The fourth-order valence-corrected chi connectivity index (χ4v) is 5.63. The Balaban J connectivity index is 1.88. The van der Waals surface area contributed by atoms with E-state index in [9.17, 15) is 18.0 Å². The lowest BCUT2D eigenvalue weighted by atomic mass is 10.0. The lowest BCUT2D eigenvalue weighted by Crippen LogP contribution is -2.46. The third-order valence-electron chi connectivity index (χ3n) is 6.72. The van der Waals surface area contributed by atoms with E-state index in [0.717, 1.165) is 20.0 Å². The van der Waals surface area contributed by atoms with E-state index in [0.29, 0.717) is 31.7 Å². The van der Waals surface area contributed by atoms with E-state index in [1.165, 1.54) is 63.8 Å². The van der Waals surface area contributed by atoms with Gasteiger partial charge in [-0.3, -0.25) is 14.3 Å². The molecule has 0 saturated heterocycles. The average molecular weight is 625 g/mol. The number of methoxy groups -OCH3 is 2. The molecule has 2 rings (SSSR count). The zero-order chi connectivity index (χ0) is 30.8. The van der Waals surface area contributed by atoms with E-state index in [-0.39, 0.29) is 22.8 Å². The summed E-state index contributed by atoms with van der Waals surface area (Å²) in [7, 11) is -1.24. The molecule has 1 atom stereocenters. The minimum absolute atomic E-state index is 0.0390. The van der Waals surface area contributed by atoms with Gasteiger partial charge in [-0.2, -0.15) is 0 Å². The maximum atomic E-state index is 13.3. The molecule has 11 heteroatoms. The van der Waals surface area contributed by atoms with Crippen LogP contribution in [0.5, 0.6) is 5.75 Å². The second-order valence-electron chi connectivity index (χ2n) is 10.1. The van der Waals surface area contributed by atoms with Gasteiger partial charge in [0, 0.05) is 31.6 Å². The SMILES string of the molecule is CCCCCCCCCCOCCCCS(=O)(=O)Nc1cc(C(=O)C(Cl)(OC)C(=O)Nc2ccccc2)ccc1OC. The number of sulfonamides is 1. The number of rotatable bonds is 22. The van der Waals surface area contributed by atoms with Gasteiger partial charge in [-0.25, -0.2) is 8.42 Å². The molecule has 2 N–H and O–H groups in total.